The van der Waals surface area contributed by atoms with E-state index in [1.54, 1.807) is 49.0 Å². The SMILES string of the molecule is COC(=O)C(C)(C)C(OCc1cn(Cc2cccc(CN=[N+]=[N-])c2)nn1)c1ccc(C)c(CN2C[C@@H](C)Oc3ccccc3S2(=O)=O)c1. The first-order valence-corrected chi connectivity index (χ1v) is 16.9. The number of fused-ring (bicyclic) bond motifs is 1. The Hall–Kier alpha value is -4.75. The maximum atomic E-state index is 13.8. The zero-order valence-electron chi connectivity index (χ0n) is 27.6. The number of aryl methyl sites for hydroxylation is 1. The molecule has 4 aromatic rings. The summed E-state index contributed by atoms with van der Waals surface area (Å²) in [4.78, 5) is 16.0. The first-order valence-electron chi connectivity index (χ1n) is 15.5. The van der Waals surface area contributed by atoms with Gasteiger partial charge in [-0.1, -0.05) is 64.9 Å². The fourth-order valence-corrected chi connectivity index (χ4v) is 7.39. The molecule has 0 aliphatic carbocycles. The summed E-state index contributed by atoms with van der Waals surface area (Å²) in [7, 11) is -2.52. The van der Waals surface area contributed by atoms with E-state index in [0.29, 0.717) is 23.6 Å². The summed E-state index contributed by atoms with van der Waals surface area (Å²) in [5.41, 5.74) is 12.3. The Morgan fingerprint density at radius 2 is 1.90 bits per heavy atom. The van der Waals surface area contributed by atoms with Gasteiger partial charge in [-0.3, -0.25) is 4.79 Å². The van der Waals surface area contributed by atoms with Crippen molar-refractivity contribution in [2.45, 2.75) is 71.0 Å². The van der Waals surface area contributed by atoms with Crippen molar-refractivity contribution in [1.82, 2.24) is 19.3 Å². The van der Waals surface area contributed by atoms with Crippen LogP contribution < -0.4 is 4.74 Å². The predicted molar refractivity (Wildman–Crippen MR) is 177 cm³/mol. The third-order valence-electron chi connectivity index (χ3n) is 8.28. The molecule has 252 valence electrons. The lowest BCUT2D eigenvalue weighted by atomic mass is 9.81. The smallest absolute Gasteiger partial charge is 0.314 e. The lowest BCUT2D eigenvalue weighted by Crippen LogP contribution is -2.36. The quantitative estimate of drug-likeness (QED) is 0.0780. The molecule has 0 N–H and O–H groups in total. The van der Waals surface area contributed by atoms with Gasteiger partial charge in [-0.25, -0.2) is 13.1 Å². The number of carbonyl (C=O) groups is 1. The molecule has 1 aliphatic heterocycles. The number of nitrogens with zero attached hydrogens (tertiary/aromatic N) is 7. The Labute approximate surface area is 280 Å². The van der Waals surface area contributed by atoms with E-state index in [1.807, 2.05) is 56.3 Å². The average Bonchev–Trinajstić information content (AvgIpc) is 3.47. The van der Waals surface area contributed by atoms with Gasteiger partial charge in [-0.2, -0.15) is 4.31 Å². The van der Waals surface area contributed by atoms with Crippen molar-refractivity contribution in [3.63, 3.8) is 0 Å². The van der Waals surface area contributed by atoms with Gasteiger partial charge in [-0.05, 0) is 73.2 Å². The molecule has 1 unspecified atom stereocenters. The third-order valence-corrected chi connectivity index (χ3v) is 10.1. The third kappa shape index (κ3) is 7.69. The summed E-state index contributed by atoms with van der Waals surface area (Å²) in [6.07, 6.45) is 0.639. The van der Waals surface area contributed by atoms with Crippen LogP contribution >= 0.6 is 0 Å². The van der Waals surface area contributed by atoms with Crippen LogP contribution in [0.5, 0.6) is 5.75 Å². The van der Waals surface area contributed by atoms with Gasteiger partial charge >= 0.3 is 5.97 Å². The summed E-state index contributed by atoms with van der Waals surface area (Å²) < 4.78 is 48.1. The molecule has 48 heavy (non-hydrogen) atoms. The van der Waals surface area contributed by atoms with Crippen molar-refractivity contribution in [2.24, 2.45) is 10.5 Å². The Morgan fingerprint density at radius 1 is 1.12 bits per heavy atom. The van der Waals surface area contributed by atoms with Gasteiger partial charge in [0.25, 0.3) is 0 Å². The minimum absolute atomic E-state index is 0.0529. The van der Waals surface area contributed by atoms with Crippen LogP contribution in [-0.2, 0) is 50.5 Å². The Bertz CT molecular complexity index is 1940. The standard InChI is InChI=1S/C34H39N7O6S/c1-23-13-14-27(16-28(23)20-41-18-24(2)47-30-11-6-7-12-31(30)48(41,43)44)32(34(3,4)33(42)45-5)46-22-29-21-40(39-37-29)19-26-10-8-9-25(15-26)17-36-38-35/h6-16,21,24,32H,17-20,22H2,1-5H3/t24-,32?/m1/s1. The zero-order chi connectivity index (χ0) is 34.5. The van der Waals surface area contributed by atoms with E-state index in [2.05, 4.69) is 20.3 Å². The number of methoxy groups -OCH3 is 1. The van der Waals surface area contributed by atoms with Crippen molar-refractivity contribution < 1.29 is 27.4 Å². The maximum absolute atomic E-state index is 13.8. The topological polar surface area (TPSA) is 162 Å². The number of para-hydroxylation sites is 1. The largest absolute Gasteiger partial charge is 0.488 e. The molecule has 0 bridgehead atoms. The highest BCUT2D eigenvalue weighted by atomic mass is 32.2. The van der Waals surface area contributed by atoms with E-state index in [4.69, 9.17) is 19.7 Å². The van der Waals surface area contributed by atoms with Crippen LogP contribution in [0.25, 0.3) is 10.4 Å². The molecule has 3 aromatic carbocycles. The molecule has 1 aliphatic rings. The van der Waals surface area contributed by atoms with Gasteiger partial charge in [-0.15, -0.1) is 5.10 Å². The van der Waals surface area contributed by atoms with Gasteiger partial charge < -0.3 is 14.2 Å². The molecule has 0 saturated carbocycles. The zero-order valence-corrected chi connectivity index (χ0v) is 28.4. The summed E-state index contributed by atoms with van der Waals surface area (Å²) in [6.45, 7) is 8.29. The lowest BCUT2D eigenvalue weighted by molar-refractivity contribution is -0.162. The van der Waals surface area contributed by atoms with Gasteiger partial charge in [0.1, 0.15) is 22.4 Å². The van der Waals surface area contributed by atoms with Gasteiger partial charge in [0.2, 0.25) is 10.0 Å². The summed E-state index contributed by atoms with van der Waals surface area (Å²) in [6, 6.07) is 20.0. The fraction of sp³-hybridized carbons (Fsp3) is 0.382. The van der Waals surface area contributed by atoms with E-state index in [0.717, 1.165) is 22.3 Å². The van der Waals surface area contributed by atoms with Crippen molar-refractivity contribution in [3.8, 4) is 5.75 Å². The first-order chi connectivity index (χ1) is 22.9. The monoisotopic (exact) mass is 673 g/mol. The number of hydrogen-bond donors (Lipinski definition) is 0. The molecule has 0 spiro atoms. The van der Waals surface area contributed by atoms with Gasteiger partial charge in [0, 0.05) is 11.5 Å². The van der Waals surface area contributed by atoms with Gasteiger partial charge in [0.15, 0.2) is 0 Å². The fourth-order valence-electron chi connectivity index (χ4n) is 5.77. The summed E-state index contributed by atoms with van der Waals surface area (Å²) in [5, 5.41) is 12.1. The first kappa shape index (κ1) is 34.6. The highest BCUT2D eigenvalue weighted by Gasteiger charge is 2.41. The Morgan fingerprint density at radius 3 is 2.67 bits per heavy atom. The van der Waals surface area contributed by atoms with Crippen LogP contribution in [0.3, 0.4) is 0 Å². The molecule has 1 aromatic heterocycles. The lowest BCUT2D eigenvalue weighted by Gasteiger charge is -2.32. The molecule has 0 radical (unpaired) electrons. The predicted octanol–water partition coefficient (Wildman–Crippen LogP) is 5.87. The molecule has 13 nitrogen and oxygen atoms in total. The second-order valence-corrected chi connectivity index (χ2v) is 14.3. The van der Waals surface area contributed by atoms with E-state index >= 15 is 0 Å². The van der Waals surface area contributed by atoms with E-state index < -0.39 is 27.5 Å². The number of aromatic nitrogens is 3. The molecule has 5 rings (SSSR count). The number of azide groups is 1. The molecule has 0 fully saturated rings. The number of rotatable bonds is 12. The molecular weight excluding hydrogens is 634 g/mol. The number of hydrogen-bond acceptors (Lipinski definition) is 9. The van der Waals surface area contributed by atoms with Crippen LogP contribution in [-0.4, -0.2) is 53.4 Å². The number of benzene rings is 3. The summed E-state index contributed by atoms with van der Waals surface area (Å²) >= 11 is 0. The van der Waals surface area contributed by atoms with Crippen molar-refractivity contribution in [3.05, 3.63) is 117 Å². The average molecular weight is 674 g/mol. The normalized spacial score (nSPS) is 16.6. The molecule has 0 amide bonds. The van der Waals surface area contributed by atoms with Crippen molar-refractivity contribution in [2.75, 3.05) is 13.7 Å². The number of esters is 1. The highest BCUT2D eigenvalue weighted by molar-refractivity contribution is 7.89. The number of sulfonamides is 1. The van der Waals surface area contributed by atoms with Crippen LogP contribution in [0.4, 0.5) is 0 Å². The maximum Gasteiger partial charge on any atom is 0.314 e. The molecule has 2 heterocycles. The van der Waals surface area contributed by atoms with Crippen LogP contribution in [0.2, 0.25) is 0 Å². The van der Waals surface area contributed by atoms with Crippen LogP contribution in [0.15, 0.2) is 82.9 Å². The summed E-state index contributed by atoms with van der Waals surface area (Å²) in [5.74, 6) is -0.126. The molecule has 2 atom stereocenters. The van der Waals surface area contributed by atoms with E-state index in [9.17, 15) is 13.2 Å². The minimum Gasteiger partial charge on any atom is -0.488 e. The van der Waals surface area contributed by atoms with E-state index in [-0.39, 0.29) is 37.2 Å². The molecule has 0 saturated heterocycles. The highest BCUT2D eigenvalue weighted by Crippen LogP contribution is 2.40. The van der Waals surface area contributed by atoms with Crippen molar-refractivity contribution >= 4 is 16.0 Å². The van der Waals surface area contributed by atoms with Gasteiger partial charge in [0.05, 0.1) is 51.1 Å². The molecular formula is C34H39N7O6S. The number of carbonyl (C=O) groups excluding carboxylic acids is 1. The van der Waals surface area contributed by atoms with Crippen molar-refractivity contribution in [1.29, 1.82) is 0 Å². The van der Waals surface area contributed by atoms with E-state index in [1.165, 1.54) is 11.4 Å². The second kappa shape index (κ2) is 14.6. The Balaban J connectivity index is 1.39. The minimum atomic E-state index is -3.85. The molecule has 14 heteroatoms. The van der Waals surface area contributed by atoms with Crippen LogP contribution in [0.1, 0.15) is 60.4 Å². The second-order valence-electron chi connectivity index (χ2n) is 12.4. The number of ether oxygens (including phenoxy) is 3. The van der Waals surface area contributed by atoms with Crippen LogP contribution in [0, 0.1) is 12.3 Å². The Kier molecular flexibility index (Phi) is 10.5.